The molecule has 0 aliphatic heterocycles. The highest BCUT2D eigenvalue weighted by Gasteiger charge is 2.14. The first-order valence-electron chi connectivity index (χ1n) is 9.64. The van der Waals surface area contributed by atoms with E-state index >= 15 is 0 Å². The SMILES string of the molecule is COC(=O)c1cccc(NC(=O)CSc2nc3scc(-c4ccc(C)cc4)c3c(=O)[nH]2)c1. The number of carbonyl (C=O) groups excluding carboxylic acids is 2. The van der Waals surface area contributed by atoms with E-state index < -0.39 is 5.97 Å². The van der Waals surface area contributed by atoms with Crippen LogP contribution in [0, 0.1) is 6.92 Å². The molecule has 0 aliphatic carbocycles. The van der Waals surface area contributed by atoms with Crippen molar-refractivity contribution >= 4 is 50.9 Å². The maximum atomic E-state index is 12.7. The first-order chi connectivity index (χ1) is 15.4. The summed E-state index contributed by atoms with van der Waals surface area (Å²) in [5.41, 5.74) is 3.55. The average Bonchev–Trinajstić information content (AvgIpc) is 3.22. The fourth-order valence-corrected chi connectivity index (χ4v) is 4.78. The van der Waals surface area contributed by atoms with Gasteiger partial charge in [-0.05, 0) is 30.7 Å². The van der Waals surface area contributed by atoms with Crippen molar-refractivity contribution in [2.75, 3.05) is 18.2 Å². The van der Waals surface area contributed by atoms with Gasteiger partial charge in [-0.25, -0.2) is 9.78 Å². The van der Waals surface area contributed by atoms with Gasteiger partial charge in [-0.1, -0.05) is 47.7 Å². The number of aromatic amines is 1. The number of methoxy groups -OCH3 is 1. The molecule has 4 rings (SSSR count). The zero-order chi connectivity index (χ0) is 22.7. The molecular formula is C23H19N3O4S2. The van der Waals surface area contributed by atoms with Crippen molar-refractivity contribution < 1.29 is 14.3 Å². The number of ether oxygens (including phenoxy) is 1. The Morgan fingerprint density at radius 1 is 1.19 bits per heavy atom. The minimum Gasteiger partial charge on any atom is -0.465 e. The standard InChI is InChI=1S/C23H19N3O4S2/c1-13-6-8-14(9-7-13)17-11-31-21-19(17)20(28)25-23(26-21)32-12-18(27)24-16-5-3-4-15(10-16)22(29)30-2/h3-11H,12H2,1-2H3,(H,24,27)(H,25,26,28). The molecular weight excluding hydrogens is 446 g/mol. The van der Waals surface area contributed by atoms with Crippen LogP contribution < -0.4 is 10.9 Å². The third-order valence-electron chi connectivity index (χ3n) is 4.69. The molecule has 0 unspecified atom stereocenters. The topological polar surface area (TPSA) is 101 Å². The number of H-pyrrole nitrogens is 1. The van der Waals surface area contributed by atoms with Gasteiger partial charge < -0.3 is 15.0 Å². The Balaban J connectivity index is 1.47. The van der Waals surface area contributed by atoms with Crippen molar-refractivity contribution in [2.24, 2.45) is 0 Å². The highest BCUT2D eigenvalue weighted by Crippen LogP contribution is 2.31. The van der Waals surface area contributed by atoms with Gasteiger partial charge in [-0.15, -0.1) is 11.3 Å². The highest BCUT2D eigenvalue weighted by atomic mass is 32.2. The van der Waals surface area contributed by atoms with Gasteiger partial charge in [0, 0.05) is 16.6 Å². The third-order valence-corrected chi connectivity index (χ3v) is 6.44. The van der Waals surface area contributed by atoms with Crippen LogP contribution in [0.4, 0.5) is 5.69 Å². The number of hydrogen-bond acceptors (Lipinski definition) is 7. The second-order valence-corrected chi connectivity index (χ2v) is 8.80. The van der Waals surface area contributed by atoms with E-state index in [1.807, 2.05) is 36.6 Å². The molecule has 2 N–H and O–H groups in total. The molecule has 0 saturated carbocycles. The Labute approximate surface area is 191 Å². The minimum absolute atomic E-state index is 0.0487. The molecule has 9 heteroatoms. The van der Waals surface area contributed by atoms with Crippen molar-refractivity contribution in [1.29, 1.82) is 0 Å². The fourth-order valence-electron chi connectivity index (χ4n) is 3.12. The number of hydrogen-bond donors (Lipinski definition) is 2. The molecule has 7 nitrogen and oxygen atoms in total. The predicted molar refractivity (Wildman–Crippen MR) is 128 cm³/mol. The molecule has 2 heterocycles. The Hall–Kier alpha value is -3.43. The summed E-state index contributed by atoms with van der Waals surface area (Å²) in [5.74, 6) is -0.717. The largest absolute Gasteiger partial charge is 0.465 e. The van der Waals surface area contributed by atoms with Crippen LogP contribution in [0.5, 0.6) is 0 Å². The summed E-state index contributed by atoms with van der Waals surface area (Å²) in [7, 11) is 1.30. The normalized spacial score (nSPS) is 10.8. The predicted octanol–water partition coefficient (Wildman–Crippen LogP) is 4.48. The van der Waals surface area contributed by atoms with E-state index in [1.165, 1.54) is 18.4 Å². The number of anilines is 1. The second-order valence-electron chi connectivity index (χ2n) is 6.98. The molecule has 0 bridgehead atoms. The van der Waals surface area contributed by atoms with Crippen LogP contribution in [0.15, 0.2) is 63.9 Å². The number of fused-ring (bicyclic) bond motifs is 1. The first kappa shape index (κ1) is 21.8. The lowest BCUT2D eigenvalue weighted by molar-refractivity contribution is -0.113. The van der Waals surface area contributed by atoms with Gasteiger partial charge in [0.15, 0.2) is 5.16 Å². The number of esters is 1. The summed E-state index contributed by atoms with van der Waals surface area (Å²) < 4.78 is 4.69. The zero-order valence-electron chi connectivity index (χ0n) is 17.3. The number of nitrogens with zero attached hydrogens (tertiary/aromatic N) is 1. The second kappa shape index (κ2) is 9.37. The minimum atomic E-state index is -0.480. The maximum absolute atomic E-state index is 12.7. The Morgan fingerprint density at radius 2 is 1.97 bits per heavy atom. The van der Waals surface area contributed by atoms with E-state index in [0.29, 0.717) is 26.6 Å². The van der Waals surface area contributed by atoms with Crippen molar-refractivity contribution in [3.05, 3.63) is 75.4 Å². The third kappa shape index (κ3) is 4.74. The summed E-state index contributed by atoms with van der Waals surface area (Å²) in [5, 5.41) is 5.57. The van der Waals surface area contributed by atoms with Crippen molar-refractivity contribution in [3.63, 3.8) is 0 Å². The molecule has 2 aromatic carbocycles. The molecule has 1 amide bonds. The zero-order valence-corrected chi connectivity index (χ0v) is 18.9. The summed E-state index contributed by atoms with van der Waals surface area (Å²) in [6.07, 6.45) is 0. The van der Waals surface area contributed by atoms with Crippen molar-refractivity contribution in [2.45, 2.75) is 12.1 Å². The van der Waals surface area contributed by atoms with Gasteiger partial charge in [0.2, 0.25) is 5.91 Å². The highest BCUT2D eigenvalue weighted by molar-refractivity contribution is 7.99. The molecule has 0 aliphatic rings. The van der Waals surface area contributed by atoms with Gasteiger partial charge >= 0.3 is 5.97 Å². The van der Waals surface area contributed by atoms with E-state index in [0.717, 1.165) is 28.5 Å². The molecule has 0 saturated heterocycles. The van der Waals surface area contributed by atoms with Crippen LogP contribution in [0.1, 0.15) is 15.9 Å². The summed E-state index contributed by atoms with van der Waals surface area (Å²) in [6.45, 7) is 2.01. The Kier molecular flexibility index (Phi) is 6.38. The number of rotatable bonds is 6. The number of thioether (sulfide) groups is 1. The molecule has 0 spiro atoms. The molecule has 2 aromatic heterocycles. The molecule has 0 atom stereocenters. The number of carbonyl (C=O) groups is 2. The van der Waals surface area contributed by atoms with Crippen LogP contribution in [-0.4, -0.2) is 34.7 Å². The fraction of sp³-hybridized carbons (Fsp3) is 0.130. The number of aryl methyl sites for hydroxylation is 1. The molecule has 4 aromatic rings. The lowest BCUT2D eigenvalue weighted by atomic mass is 10.1. The van der Waals surface area contributed by atoms with E-state index in [4.69, 9.17) is 0 Å². The van der Waals surface area contributed by atoms with Gasteiger partial charge in [-0.2, -0.15) is 0 Å². The average molecular weight is 466 g/mol. The van der Waals surface area contributed by atoms with Crippen molar-refractivity contribution in [1.82, 2.24) is 9.97 Å². The maximum Gasteiger partial charge on any atom is 0.337 e. The molecule has 0 radical (unpaired) electrons. The Bertz CT molecular complexity index is 1360. The monoisotopic (exact) mass is 465 g/mol. The molecule has 32 heavy (non-hydrogen) atoms. The van der Waals surface area contributed by atoms with Gasteiger partial charge in [0.1, 0.15) is 4.83 Å². The number of nitrogens with one attached hydrogen (secondary N) is 2. The van der Waals surface area contributed by atoms with E-state index in [9.17, 15) is 14.4 Å². The van der Waals surface area contributed by atoms with Crippen molar-refractivity contribution in [3.8, 4) is 11.1 Å². The van der Waals surface area contributed by atoms with Crippen LogP contribution in [0.3, 0.4) is 0 Å². The number of thiophene rings is 1. The smallest absolute Gasteiger partial charge is 0.337 e. The molecule has 0 fully saturated rings. The number of amides is 1. The van der Waals surface area contributed by atoms with Gasteiger partial charge in [-0.3, -0.25) is 9.59 Å². The Morgan fingerprint density at radius 3 is 2.72 bits per heavy atom. The lowest BCUT2D eigenvalue weighted by Gasteiger charge is -2.07. The van der Waals surface area contributed by atoms with Gasteiger partial charge in [0.25, 0.3) is 5.56 Å². The summed E-state index contributed by atoms with van der Waals surface area (Å²) in [4.78, 5) is 44.6. The first-order valence-corrected chi connectivity index (χ1v) is 11.5. The quantitative estimate of drug-likeness (QED) is 0.247. The number of aromatic nitrogens is 2. The molecule has 162 valence electrons. The van der Waals surface area contributed by atoms with Crippen LogP contribution in [0.25, 0.3) is 21.3 Å². The van der Waals surface area contributed by atoms with E-state index in [1.54, 1.807) is 24.3 Å². The number of benzene rings is 2. The summed E-state index contributed by atoms with van der Waals surface area (Å²) in [6, 6.07) is 14.5. The lowest BCUT2D eigenvalue weighted by Crippen LogP contribution is -2.16. The van der Waals surface area contributed by atoms with Crippen LogP contribution in [0.2, 0.25) is 0 Å². The van der Waals surface area contributed by atoms with Crippen LogP contribution >= 0.6 is 23.1 Å². The van der Waals surface area contributed by atoms with E-state index in [-0.39, 0.29) is 17.2 Å². The summed E-state index contributed by atoms with van der Waals surface area (Å²) >= 11 is 2.53. The van der Waals surface area contributed by atoms with Gasteiger partial charge in [0.05, 0.1) is 23.8 Å². The van der Waals surface area contributed by atoms with Crippen LogP contribution in [-0.2, 0) is 9.53 Å². The van der Waals surface area contributed by atoms with E-state index in [2.05, 4.69) is 20.0 Å².